The number of hydrazone groups is 1. The number of hydrogen-bond donors (Lipinski definition) is 2. The van der Waals surface area contributed by atoms with Crippen molar-refractivity contribution in [3.8, 4) is 5.75 Å². The van der Waals surface area contributed by atoms with Gasteiger partial charge >= 0.3 is 0 Å². The first kappa shape index (κ1) is 21.0. The second-order valence-corrected chi connectivity index (χ2v) is 8.05. The van der Waals surface area contributed by atoms with E-state index in [1.165, 1.54) is 18.0 Å². The Morgan fingerprint density at radius 1 is 1.10 bits per heavy atom. The number of halogens is 1. The van der Waals surface area contributed by atoms with Crippen molar-refractivity contribution in [1.29, 1.82) is 0 Å². The van der Waals surface area contributed by atoms with E-state index in [0.717, 1.165) is 21.8 Å². The van der Waals surface area contributed by atoms with Crippen LogP contribution in [0.5, 0.6) is 5.75 Å². The third kappa shape index (κ3) is 5.07. The fourth-order valence-corrected chi connectivity index (χ4v) is 4.05. The predicted molar refractivity (Wildman–Crippen MR) is 125 cm³/mol. The van der Waals surface area contributed by atoms with E-state index in [2.05, 4.69) is 20.1 Å². The molecule has 0 aliphatic rings. The minimum atomic E-state index is -0.270. The standard InChI is InChI=1S/C23H19ClN4O2S/c24-18-9-3-1-8-17(18)14-28-20-11-5-4-10-19(20)26-23(28)31-15-22(30)27-25-13-16-7-2-6-12-21(16)29/h1-13,29H,14-15H2,(H,27,30)/b25-13-. The van der Waals surface area contributed by atoms with E-state index in [1.807, 2.05) is 48.5 Å². The summed E-state index contributed by atoms with van der Waals surface area (Å²) in [5.74, 6) is -0.0274. The zero-order valence-electron chi connectivity index (χ0n) is 16.4. The number of amides is 1. The van der Waals surface area contributed by atoms with Gasteiger partial charge in [0.25, 0.3) is 5.91 Å². The second-order valence-electron chi connectivity index (χ2n) is 6.70. The van der Waals surface area contributed by atoms with Gasteiger partial charge in [-0.15, -0.1) is 0 Å². The van der Waals surface area contributed by atoms with Crippen LogP contribution in [0.15, 0.2) is 83.1 Å². The number of benzene rings is 3. The summed E-state index contributed by atoms with van der Waals surface area (Å²) in [5.41, 5.74) is 5.82. The number of fused-ring (bicyclic) bond motifs is 1. The lowest BCUT2D eigenvalue weighted by molar-refractivity contribution is -0.118. The fraction of sp³-hybridized carbons (Fsp3) is 0.0870. The Labute approximate surface area is 188 Å². The average Bonchev–Trinajstić information content (AvgIpc) is 3.13. The molecular formula is C23H19ClN4O2S. The molecule has 8 heteroatoms. The SMILES string of the molecule is O=C(CSc1nc2ccccc2n1Cc1ccccc1Cl)N/N=C\c1ccccc1O. The molecule has 1 heterocycles. The Morgan fingerprint density at radius 3 is 2.68 bits per heavy atom. The van der Waals surface area contributed by atoms with Crippen molar-refractivity contribution in [3.63, 3.8) is 0 Å². The number of para-hydroxylation sites is 3. The quantitative estimate of drug-likeness (QED) is 0.243. The molecule has 0 unspecified atom stereocenters. The minimum Gasteiger partial charge on any atom is -0.507 e. The molecule has 0 aliphatic carbocycles. The first-order valence-corrected chi connectivity index (χ1v) is 10.9. The van der Waals surface area contributed by atoms with Crippen LogP contribution in [-0.4, -0.2) is 32.5 Å². The fourth-order valence-electron chi connectivity index (χ4n) is 3.05. The highest BCUT2D eigenvalue weighted by Crippen LogP contribution is 2.27. The molecule has 0 saturated heterocycles. The lowest BCUT2D eigenvalue weighted by Crippen LogP contribution is -2.20. The van der Waals surface area contributed by atoms with Crippen LogP contribution in [-0.2, 0) is 11.3 Å². The number of thioether (sulfide) groups is 1. The zero-order valence-corrected chi connectivity index (χ0v) is 18.0. The normalized spacial score (nSPS) is 11.3. The molecule has 3 aromatic carbocycles. The van der Waals surface area contributed by atoms with Crippen LogP contribution in [0, 0.1) is 0 Å². The van der Waals surface area contributed by atoms with Gasteiger partial charge in [-0.25, -0.2) is 10.4 Å². The van der Waals surface area contributed by atoms with Gasteiger partial charge in [-0.1, -0.05) is 65.8 Å². The Morgan fingerprint density at radius 2 is 1.84 bits per heavy atom. The Balaban J connectivity index is 1.47. The summed E-state index contributed by atoms with van der Waals surface area (Å²) in [6.07, 6.45) is 1.41. The van der Waals surface area contributed by atoms with Crippen LogP contribution in [0.4, 0.5) is 0 Å². The lowest BCUT2D eigenvalue weighted by Gasteiger charge is -2.10. The Bertz CT molecular complexity index is 1260. The maximum absolute atomic E-state index is 12.3. The molecule has 1 aromatic heterocycles. The van der Waals surface area contributed by atoms with Gasteiger partial charge in [0.05, 0.1) is 29.5 Å². The number of phenolic OH excluding ortho intramolecular Hbond substituents is 1. The number of rotatable bonds is 7. The van der Waals surface area contributed by atoms with Crippen molar-refractivity contribution in [2.75, 3.05) is 5.75 Å². The van der Waals surface area contributed by atoms with Gasteiger partial charge in [-0.2, -0.15) is 5.10 Å². The van der Waals surface area contributed by atoms with E-state index >= 15 is 0 Å². The maximum Gasteiger partial charge on any atom is 0.250 e. The third-order valence-corrected chi connectivity index (χ3v) is 5.91. The van der Waals surface area contributed by atoms with Crippen LogP contribution in [0.25, 0.3) is 11.0 Å². The van der Waals surface area contributed by atoms with Crippen molar-refractivity contribution in [2.45, 2.75) is 11.7 Å². The van der Waals surface area contributed by atoms with E-state index in [4.69, 9.17) is 11.6 Å². The van der Waals surface area contributed by atoms with Crippen LogP contribution < -0.4 is 5.43 Å². The highest BCUT2D eigenvalue weighted by Gasteiger charge is 2.14. The molecule has 4 aromatic rings. The van der Waals surface area contributed by atoms with Crippen LogP contribution in [0.2, 0.25) is 5.02 Å². The molecule has 4 rings (SSSR count). The van der Waals surface area contributed by atoms with E-state index < -0.39 is 0 Å². The average molecular weight is 451 g/mol. The summed E-state index contributed by atoms with van der Waals surface area (Å²) in [6.45, 7) is 0.551. The molecule has 0 atom stereocenters. The molecular weight excluding hydrogens is 432 g/mol. The van der Waals surface area contributed by atoms with E-state index in [0.29, 0.717) is 17.1 Å². The molecule has 0 saturated carbocycles. The number of carbonyl (C=O) groups is 1. The number of nitrogens with zero attached hydrogens (tertiary/aromatic N) is 3. The molecule has 0 spiro atoms. The summed E-state index contributed by atoms with van der Waals surface area (Å²) >= 11 is 7.68. The van der Waals surface area contributed by atoms with Crippen LogP contribution in [0.1, 0.15) is 11.1 Å². The molecule has 2 N–H and O–H groups in total. The van der Waals surface area contributed by atoms with Crippen molar-refractivity contribution in [3.05, 3.63) is 88.9 Å². The van der Waals surface area contributed by atoms with Gasteiger partial charge in [0.1, 0.15) is 5.75 Å². The van der Waals surface area contributed by atoms with Gasteiger partial charge in [-0.3, -0.25) is 4.79 Å². The maximum atomic E-state index is 12.3. The van der Waals surface area contributed by atoms with Gasteiger partial charge in [0.15, 0.2) is 5.16 Å². The molecule has 0 radical (unpaired) electrons. The first-order chi connectivity index (χ1) is 15.1. The van der Waals surface area contributed by atoms with E-state index in [1.54, 1.807) is 24.3 Å². The van der Waals surface area contributed by atoms with Crippen molar-refractivity contribution < 1.29 is 9.90 Å². The smallest absolute Gasteiger partial charge is 0.250 e. The second kappa shape index (κ2) is 9.68. The number of nitrogens with one attached hydrogen (secondary N) is 1. The Kier molecular flexibility index (Phi) is 6.54. The lowest BCUT2D eigenvalue weighted by atomic mass is 10.2. The first-order valence-electron chi connectivity index (χ1n) is 9.53. The van der Waals surface area contributed by atoms with Gasteiger partial charge < -0.3 is 9.67 Å². The minimum absolute atomic E-state index is 0.100. The summed E-state index contributed by atoms with van der Waals surface area (Å²) in [5, 5.41) is 15.1. The summed E-state index contributed by atoms with van der Waals surface area (Å²) in [7, 11) is 0. The molecule has 1 amide bonds. The predicted octanol–water partition coefficient (Wildman–Crippen LogP) is 4.69. The number of hydrogen-bond acceptors (Lipinski definition) is 5. The van der Waals surface area contributed by atoms with Gasteiger partial charge in [-0.05, 0) is 35.9 Å². The Hall–Kier alpha value is -3.29. The van der Waals surface area contributed by atoms with Crippen LogP contribution >= 0.6 is 23.4 Å². The molecule has 31 heavy (non-hydrogen) atoms. The summed E-state index contributed by atoms with van der Waals surface area (Å²) in [4.78, 5) is 16.9. The zero-order chi connectivity index (χ0) is 21.6. The van der Waals surface area contributed by atoms with Crippen LogP contribution in [0.3, 0.4) is 0 Å². The monoisotopic (exact) mass is 450 g/mol. The number of imidazole rings is 1. The molecule has 6 nitrogen and oxygen atoms in total. The number of phenols is 1. The summed E-state index contributed by atoms with van der Waals surface area (Å²) in [6, 6.07) is 22.3. The number of aromatic nitrogens is 2. The topological polar surface area (TPSA) is 79.5 Å². The summed E-state index contributed by atoms with van der Waals surface area (Å²) < 4.78 is 2.06. The van der Waals surface area contributed by atoms with Gasteiger partial charge in [0.2, 0.25) is 0 Å². The highest BCUT2D eigenvalue weighted by molar-refractivity contribution is 7.99. The number of carbonyl (C=O) groups excluding carboxylic acids is 1. The van der Waals surface area contributed by atoms with Crippen molar-refractivity contribution >= 4 is 46.5 Å². The van der Waals surface area contributed by atoms with Crippen molar-refractivity contribution in [1.82, 2.24) is 15.0 Å². The molecule has 0 fully saturated rings. The van der Waals surface area contributed by atoms with Crippen molar-refractivity contribution in [2.24, 2.45) is 5.10 Å². The third-order valence-electron chi connectivity index (χ3n) is 4.57. The largest absolute Gasteiger partial charge is 0.507 e. The molecule has 0 bridgehead atoms. The van der Waals surface area contributed by atoms with E-state index in [9.17, 15) is 9.90 Å². The molecule has 156 valence electrons. The number of aromatic hydroxyl groups is 1. The molecule has 0 aliphatic heterocycles. The highest BCUT2D eigenvalue weighted by atomic mass is 35.5. The van der Waals surface area contributed by atoms with E-state index in [-0.39, 0.29) is 17.4 Å². The van der Waals surface area contributed by atoms with Gasteiger partial charge in [0, 0.05) is 10.6 Å².